The second kappa shape index (κ2) is 6.60. The van der Waals surface area contributed by atoms with Crippen LogP contribution < -0.4 is 5.32 Å². The van der Waals surface area contributed by atoms with Crippen LogP contribution in [0.25, 0.3) is 0 Å². The van der Waals surface area contributed by atoms with Crippen molar-refractivity contribution in [2.45, 2.75) is 66.0 Å². The van der Waals surface area contributed by atoms with Crippen LogP contribution in [-0.4, -0.2) is 11.1 Å². The second-order valence-electron chi connectivity index (χ2n) is 6.76. The molecule has 19 heavy (non-hydrogen) atoms. The highest BCUT2D eigenvalue weighted by atomic mass is 14.9. The predicted molar refractivity (Wildman–Crippen MR) is 82.2 cm³/mol. The van der Waals surface area contributed by atoms with Gasteiger partial charge in [0.2, 0.25) is 0 Å². The highest BCUT2D eigenvalue weighted by Gasteiger charge is 2.33. The molecule has 2 heteroatoms. The van der Waals surface area contributed by atoms with E-state index in [1.807, 2.05) is 0 Å². The molecular weight excluding hydrogens is 232 g/mol. The number of aromatic nitrogens is 1. The van der Waals surface area contributed by atoms with Gasteiger partial charge in [0.25, 0.3) is 0 Å². The van der Waals surface area contributed by atoms with E-state index in [1.165, 1.54) is 44.2 Å². The van der Waals surface area contributed by atoms with Crippen LogP contribution >= 0.6 is 0 Å². The van der Waals surface area contributed by atoms with Crippen molar-refractivity contribution in [2.75, 3.05) is 6.54 Å². The lowest BCUT2D eigenvalue weighted by Crippen LogP contribution is -2.33. The average Bonchev–Trinajstić information content (AvgIpc) is 2.98. The minimum atomic E-state index is 0.585. The summed E-state index contributed by atoms with van der Waals surface area (Å²) in [5, 5.41) is 3.71. The quantitative estimate of drug-likeness (QED) is 0.779. The van der Waals surface area contributed by atoms with Gasteiger partial charge in [-0.25, -0.2) is 0 Å². The molecular formula is C17H30N2. The van der Waals surface area contributed by atoms with Crippen LogP contribution in [0.15, 0.2) is 18.5 Å². The Morgan fingerprint density at radius 1 is 1.32 bits per heavy atom. The third-order valence-electron chi connectivity index (χ3n) is 4.51. The van der Waals surface area contributed by atoms with E-state index in [9.17, 15) is 0 Å². The molecule has 1 aromatic heterocycles. The summed E-state index contributed by atoms with van der Waals surface area (Å²) in [5.74, 6) is 0.820. The maximum atomic E-state index is 3.71. The van der Waals surface area contributed by atoms with Gasteiger partial charge in [-0.05, 0) is 49.1 Å². The second-order valence-corrected chi connectivity index (χ2v) is 6.76. The van der Waals surface area contributed by atoms with Gasteiger partial charge >= 0.3 is 0 Å². The zero-order valence-corrected chi connectivity index (χ0v) is 12.9. The Balaban J connectivity index is 1.82. The summed E-state index contributed by atoms with van der Waals surface area (Å²) in [6.07, 6.45) is 11.5. The van der Waals surface area contributed by atoms with Crippen LogP contribution in [0.1, 0.15) is 58.4 Å². The minimum absolute atomic E-state index is 0.585. The monoisotopic (exact) mass is 262 g/mol. The van der Waals surface area contributed by atoms with Crippen LogP contribution in [-0.2, 0) is 13.1 Å². The van der Waals surface area contributed by atoms with E-state index >= 15 is 0 Å². The first-order valence-corrected chi connectivity index (χ1v) is 7.99. The van der Waals surface area contributed by atoms with Crippen molar-refractivity contribution in [1.29, 1.82) is 0 Å². The van der Waals surface area contributed by atoms with Gasteiger partial charge in [0.05, 0.1) is 0 Å². The van der Waals surface area contributed by atoms with Crippen LogP contribution in [0.5, 0.6) is 0 Å². The van der Waals surface area contributed by atoms with Crippen LogP contribution in [0.3, 0.4) is 0 Å². The third kappa shape index (κ3) is 4.10. The molecule has 0 radical (unpaired) electrons. The molecule has 1 aromatic rings. The summed E-state index contributed by atoms with van der Waals surface area (Å²) >= 11 is 0. The SMILES string of the molecule is CCn1ccc(CNCC2(CC(C)C)CCCC2)c1. The van der Waals surface area contributed by atoms with E-state index in [2.05, 4.69) is 49.1 Å². The van der Waals surface area contributed by atoms with Gasteiger partial charge in [0, 0.05) is 32.0 Å². The lowest BCUT2D eigenvalue weighted by Gasteiger charge is -2.31. The van der Waals surface area contributed by atoms with E-state index in [0.29, 0.717) is 5.41 Å². The van der Waals surface area contributed by atoms with Crippen molar-refractivity contribution in [1.82, 2.24) is 9.88 Å². The summed E-state index contributed by atoms with van der Waals surface area (Å²) in [5.41, 5.74) is 2.00. The fourth-order valence-electron chi connectivity index (χ4n) is 3.71. The van der Waals surface area contributed by atoms with Crippen molar-refractivity contribution in [3.05, 3.63) is 24.0 Å². The van der Waals surface area contributed by atoms with Crippen molar-refractivity contribution in [3.63, 3.8) is 0 Å². The van der Waals surface area contributed by atoms with Gasteiger partial charge in [-0.2, -0.15) is 0 Å². The zero-order valence-electron chi connectivity index (χ0n) is 12.9. The number of nitrogens with zero attached hydrogens (tertiary/aromatic N) is 1. The first kappa shape index (κ1) is 14.6. The molecule has 1 saturated carbocycles. The molecule has 1 aliphatic carbocycles. The molecule has 2 rings (SSSR count). The van der Waals surface area contributed by atoms with Crippen LogP contribution in [0.2, 0.25) is 0 Å². The first-order chi connectivity index (χ1) is 9.13. The lowest BCUT2D eigenvalue weighted by molar-refractivity contribution is 0.223. The molecule has 1 N–H and O–H groups in total. The van der Waals surface area contributed by atoms with Crippen LogP contribution in [0.4, 0.5) is 0 Å². The Morgan fingerprint density at radius 3 is 2.63 bits per heavy atom. The molecule has 0 unspecified atom stereocenters. The van der Waals surface area contributed by atoms with Gasteiger partial charge in [0.1, 0.15) is 0 Å². The molecule has 0 bridgehead atoms. The van der Waals surface area contributed by atoms with Gasteiger partial charge in [-0.15, -0.1) is 0 Å². The maximum absolute atomic E-state index is 3.71. The number of aryl methyl sites for hydroxylation is 1. The van der Waals surface area contributed by atoms with Gasteiger partial charge in [-0.1, -0.05) is 26.7 Å². The highest BCUT2D eigenvalue weighted by molar-refractivity contribution is 5.10. The van der Waals surface area contributed by atoms with E-state index < -0.39 is 0 Å². The molecule has 0 amide bonds. The fraction of sp³-hybridized carbons (Fsp3) is 0.765. The molecule has 0 aliphatic heterocycles. The Hall–Kier alpha value is -0.760. The Labute approximate surface area is 118 Å². The zero-order chi connectivity index (χ0) is 13.7. The molecule has 0 aromatic carbocycles. The summed E-state index contributed by atoms with van der Waals surface area (Å²) in [6, 6.07) is 2.24. The Kier molecular flexibility index (Phi) is 5.09. The molecule has 1 heterocycles. The topological polar surface area (TPSA) is 17.0 Å². The summed E-state index contributed by atoms with van der Waals surface area (Å²) < 4.78 is 2.25. The van der Waals surface area contributed by atoms with Gasteiger partial charge in [-0.3, -0.25) is 0 Å². The minimum Gasteiger partial charge on any atom is -0.354 e. The van der Waals surface area contributed by atoms with Crippen LogP contribution in [0, 0.1) is 11.3 Å². The van der Waals surface area contributed by atoms with Gasteiger partial charge < -0.3 is 9.88 Å². The van der Waals surface area contributed by atoms with E-state index in [4.69, 9.17) is 0 Å². The van der Waals surface area contributed by atoms with E-state index in [1.54, 1.807) is 0 Å². The van der Waals surface area contributed by atoms with Crippen molar-refractivity contribution < 1.29 is 0 Å². The smallest absolute Gasteiger partial charge is 0.0220 e. The van der Waals surface area contributed by atoms with Crippen molar-refractivity contribution in [3.8, 4) is 0 Å². The number of hydrogen-bond donors (Lipinski definition) is 1. The molecule has 2 nitrogen and oxygen atoms in total. The highest BCUT2D eigenvalue weighted by Crippen LogP contribution is 2.42. The lowest BCUT2D eigenvalue weighted by atomic mass is 9.78. The average molecular weight is 262 g/mol. The first-order valence-electron chi connectivity index (χ1n) is 7.99. The molecule has 0 saturated heterocycles. The molecule has 1 aliphatic rings. The summed E-state index contributed by atoms with van der Waals surface area (Å²) in [4.78, 5) is 0. The van der Waals surface area contributed by atoms with Crippen molar-refractivity contribution in [2.24, 2.45) is 11.3 Å². The van der Waals surface area contributed by atoms with Gasteiger partial charge in [0.15, 0.2) is 0 Å². The normalized spacial score (nSPS) is 18.3. The number of rotatable bonds is 7. The molecule has 0 atom stereocenters. The Morgan fingerprint density at radius 2 is 2.05 bits per heavy atom. The molecule has 108 valence electrons. The third-order valence-corrected chi connectivity index (χ3v) is 4.51. The predicted octanol–water partition coefficient (Wildman–Crippen LogP) is 4.20. The fourth-order valence-corrected chi connectivity index (χ4v) is 3.71. The summed E-state index contributed by atoms with van der Waals surface area (Å²) in [6.45, 7) is 10.2. The standard InChI is InChI=1S/C17H30N2/c1-4-19-10-7-16(13-19)12-18-14-17(11-15(2)3)8-5-6-9-17/h7,10,13,15,18H,4-6,8-9,11-12,14H2,1-3H3. The molecule has 1 fully saturated rings. The Bertz CT molecular complexity index is 372. The molecule has 0 spiro atoms. The maximum Gasteiger partial charge on any atom is 0.0220 e. The number of hydrogen-bond acceptors (Lipinski definition) is 1. The van der Waals surface area contributed by atoms with E-state index in [-0.39, 0.29) is 0 Å². The van der Waals surface area contributed by atoms with E-state index in [0.717, 1.165) is 19.0 Å². The summed E-state index contributed by atoms with van der Waals surface area (Å²) in [7, 11) is 0. The van der Waals surface area contributed by atoms with Crippen molar-refractivity contribution >= 4 is 0 Å². The number of nitrogens with one attached hydrogen (secondary N) is 1. The largest absolute Gasteiger partial charge is 0.354 e.